The summed E-state index contributed by atoms with van der Waals surface area (Å²) in [6, 6.07) is 2.03. The zero-order valence-corrected chi connectivity index (χ0v) is 8.43. The Kier molecular flexibility index (Phi) is 3.53. The van der Waals surface area contributed by atoms with Crippen LogP contribution in [0, 0.1) is 6.92 Å². The van der Waals surface area contributed by atoms with E-state index >= 15 is 0 Å². The van der Waals surface area contributed by atoms with Crippen molar-refractivity contribution in [1.82, 2.24) is 9.97 Å². The average Bonchev–Trinajstić information content (AvgIpc) is 2.04. The molecule has 1 rings (SSSR count). The summed E-state index contributed by atoms with van der Waals surface area (Å²) >= 11 is 4.15. The van der Waals surface area contributed by atoms with Crippen molar-refractivity contribution in [2.45, 2.75) is 26.7 Å². The summed E-state index contributed by atoms with van der Waals surface area (Å²) in [4.78, 5) is 8.69. The van der Waals surface area contributed by atoms with Crippen LogP contribution in [-0.2, 0) is 12.8 Å². The zero-order valence-electron chi connectivity index (χ0n) is 7.54. The monoisotopic (exact) mass is 182 g/mol. The molecule has 0 amide bonds. The fourth-order valence-electron chi connectivity index (χ4n) is 1.09. The van der Waals surface area contributed by atoms with Crippen LogP contribution in [0.3, 0.4) is 0 Å². The Bertz CT molecular complexity index is 261. The maximum absolute atomic E-state index is 4.38. The molecule has 12 heavy (non-hydrogen) atoms. The number of hydrogen-bond donors (Lipinski definition) is 1. The first-order chi connectivity index (χ1) is 5.76. The lowest BCUT2D eigenvalue weighted by Crippen LogP contribution is -2.01. The molecule has 0 atom stereocenters. The lowest BCUT2D eigenvalue weighted by molar-refractivity contribution is 0.875. The number of aryl methyl sites for hydroxylation is 3. The maximum atomic E-state index is 4.38. The lowest BCUT2D eigenvalue weighted by Gasteiger charge is -2.02. The van der Waals surface area contributed by atoms with Crippen molar-refractivity contribution in [2.24, 2.45) is 0 Å². The normalized spacial score (nSPS) is 10.2. The first-order valence-electron chi connectivity index (χ1n) is 4.20. The number of thiol groups is 1. The van der Waals surface area contributed by atoms with Crippen molar-refractivity contribution in [2.75, 3.05) is 5.75 Å². The van der Waals surface area contributed by atoms with Gasteiger partial charge in [-0.15, -0.1) is 0 Å². The number of hydrogen-bond acceptors (Lipinski definition) is 3. The molecule has 0 bridgehead atoms. The molecule has 1 heterocycles. The minimum absolute atomic E-state index is 0.812. The van der Waals surface area contributed by atoms with Gasteiger partial charge in [0.15, 0.2) is 0 Å². The third-order valence-corrected chi connectivity index (χ3v) is 1.87. The second-order valence-corrected chi connectivity index (χ2v) is 3.19. The molecular formula is C9H14N2S. The van der Waals surface area contributed by atoms with Crippen LogP contribution in [-0.4, -0.2) is 15.7 Å². The molecule has 1 aromatic heterocycles. The Morgan fingerprint density at radius 2 is 2.17 bits per heavy atom. The van der Waals surface area contributed by atoms with Crippen molar-refractivity contribution in [3.05, 3.63) is 23.3 Å². The van der Waals surface area contributed by atoms with Gasteiger partial charge < -0.3 is 0 Å². The standard InChI is InChI=1S/C9H14N2S/c1-3-8-6-7(2)10-9(11-8)4-5-12/h6,12H,3-5H2,1-2H3. The van der Waals surface area contributed by atoms with E-state index in [0.717, 1.165) is 35.8 Å². The highest BCUT2D eigenvalue weighted by molar-refractivity contribution is 7.80. The average molecular weight is 182 g/mol. The molecule has 0 radical (unpaired) electrons. The predicted molar refractivity (Wildman–Crippen MR) is 53.7 cm³/mol. The molecule has 0 spiro atoms. The van der Waals surface area contributed by atoms with E-state index in [-0.39, 0.29) is 0 Å². The Balaban J connectivity index is 2.90. The second kappa shape index (κ2) is 4.45. The van der Waals surface area contributed by atoms with Gasteiger partial charge in [0.2, 0.25) is 0 Å². The highest BCUT2D eigenvalue weighted by Gasteiger charge is 1.99. The highest BCUT2D eigenvalue weighted by atomic mass is 32.1. The Morgan fingerprint density at radius 3 is 2.75 bits per heavy atom. The van der Waals surface area contributed by atoms with E-state index in [1.165, 1.54) is 0 Å². The molecule has 0 aromatic carbocycles. The highest BCUT2D eigenvalue weighted by Crippen LogP contribution is 2.02. The topological polar surface area (TPSA) is 25.8 Å². The molecule has 0 N–H and O–H groups in total. The lowest BCUT2D eigenvalue weighted by atomic mass is 10.2. The van der Waals surface area contributed by atoms with Gasteiger partial charge >= 0.3 is 0 Å². The molecule has 0 aliphatic carbocycles. The van der Waals surface area contributed by atoms with Gasteiger partial charge in [0, 0.05) is 17.8 Å². The Labute approximate surface area is 78.9 Å². The van der Waals surface area contributed by atoms with E-state index in [1.807, 2.05) is 13.0 Å². The van der Waals surface area contributed by atoms with E-state index in [4.69, 9.17) is 0 Å². The molecule has 0 aliphatic rings. The molecule has 2 nitrogen and oxygen atoms in total. The van der Waals surface area contributed by atoms with Gasteiger partial charge in [0.1, 0.15) is 5.82 Å². The third kappa shape index (κ3) is 2.48. The summed E-state index contributed by atoms with van der Waals surface area (Å²) in [6.45, 7) is 4.11. The van der Waals surface area contributed by atoms with E-state index in [9.17, 15) is 0 Å². The van der Waals surface area contributed by atoms with Crippen molar-refractivity contribution < 1.29 is 0 Å². The smallest absolute Gasteiger partial charge is 0.129 e. The minimum atomic E-state index is 0.812. The van der Waals surface area contributed by atoms with Gasteiger partial charge in [0.25, 0.3) is 0 Å². The van der Waals surface area contributed by atoms with Crippen LogP contribution in [0.2, 0.25) is 0 Å². The molecule has 0 fully saturated rings. The van der Waals surface area contributed by atoms with Gasteiger partial charge in [-0.2, -0.15) is 12.6 Å². The van der Waals surface area contributed by atoms with Gasteiger partial charge in [-0.3, -0.25) is 0 Å². The molecule has 3 heteroatoms. The molecule has 0 unspecified atom stereocenters. The third-order valence-electron chi connectivity index (χ3n) is 1.65. The number of aromatic nitrogens is 2. The first-order valence-corrected chi connectivity index (χ1v) is 4.83. The van der Waals surface area contributed by atoms with Crippen LogP contribution in [0.25, 0.3) is 0 Å². The SMILES string of the molecule is CCc1cc(C)nc(CCS)n1. The van der Waals surface area contributed by atoms with Crippen molar-refractivity contribution in [1.29, 1.82) is 0 Å². The minimum Gasteiger partial charge on any atom is -0.238 e. The van der Waals surface area contributed by atoms with Gasteiger partial charge in [0.05, 0.1) is 0 Å². The fourth-order valence-corrected chi connectivity index (χ4v) is 1.29. The van der Waals surface area contributed by atoms with Gasteiger partial charge in [-0.25, -0.2) is 9.97 Å². The first kappa shape index (κ1) is 9.52. The van der Waals surface area contributed by atoms with Crippen molar-refractivity contribution >= 4 is 12.6 Å². The van der Waals surface area contributed by atoms with Crippen molar-refractivity contribution in [3.8, 4) is 0 Å². The van der Waals surface area contributed by atoms with Crippen LogP contribution >= 0.6 is 12.6 Å². The molecule has 0 saturated carbocycles. The van der Waals surface area contributed by atoms with Gasteiger partial charge in [-0.05, 0) is 25.2 Å². The van der Waals surface area contributed by atoms with Crippen LogP contribution in [0.4, 0.5) is 0 Å². The molecule has 66 valence electrons. The van der Waals surface area contributed by atoms with Gasteiger partial charge in [-0.1, -0.05) is 6.92 Å². The summed E-state index contributed by atoms with van der Waals surface area (Å²) in [5.74, 6) is 1.73. The predicted octanol–water partition coefficient (Wildman–Crippen LogP) is 1.82. The van der Waals surface area contributed by atoms with Crippen LogP contribution < -0.4 is 0 Å². The second-order valence-electron chi connectivity index (χ2n) is 2.74. The number of nitrogens with zero attached hydrogens (tertiary/aromatic N) is 2. The summed E-state index contributed by atoms with van der Waals surface area (Å²) in [6.07, 6.45) is 1.83. The Hall–Kier alpha value is -0.570. The zero-order chi connectivity index (χ0) is 8.97. The maximum Gasteiger partial charge on any atom is 0.129 e. The molecule has 1 aromatic rings. The van der Waals surface area contributed by atoms with E-state index in [2.05, 4.69) is 29.5 Å². The number of rotatable bonds is 3. The molecular weight excluding hydrogens is 168 g/mol. The van der Waals surface area contributed by atoms with E-state index in [0.29, 0.717) is 0 Å². The van der Waals surface area contributed by atoms with Crippen LogP contribution in [0.15, 0.2) is 6.07 Å². The van der Waals surface area contributed by atoms with Crippen LogP contribution in [0.5, 0.6) is 0 Å². The Morgan fingerprint density at radius 1 is 1.42 bits per heavy atom. The fraction of sp³-hybridized carbons (Fsp3) is 0.556. The summed E-state index contributed by atoms with van der Waals surface area (Å²) in [5.41, 5.74) is 2.18. The largest absolute Gasteiger partial charge is 0.238 e. The summed E-state index contributed by atoms with van der Waals surface area (Å²) in [7, 11) is 0. The van der Waals surface area contributed by atoms with Crippen LogP contribution in [0.1, 0.15) is 24.1 Å². The summed E-state index contributed by atoms with van der Waals surface area (Å²) < 4.78 is 0. The molecule has 0 aliphatic heterocycles. The molecule has 0 saturated heterocycles. The quantitative estimate of drug-likeness (QED) is 0.722. The summed E-state index contributed by atoms with van der Waals surface area (Å²) in [5, 5.41) is 0. The van der Waals surface area contributed by atoms with E-state index in [1.54, 1.807) is 0 Å². The van der Waals surface area contributed by atoms with Crippen molar-refractivity contribution in [3.63, 3.8) is 0 Å². The van der Waals surface area contributed by atoms with E-state index < -0.39 is 0 Å².